The molecule has 0 bridgehead atoms. The van der Waals surface area contributed by atoms with Crippen LogP contribution in [0.25, 0.3) is 5.65 Å². The van der Waals surface area contributed by atoms with Gasteiger partial charge in [0.25, 0.3) is 6.43 Å². The summed E-state index contributed by atoms with van der Waals surface area (Å²) in [7, 11) is 1.75. The predicted molar refractivity (Wildman–Crippen MR) is 104 cm³/mol. The van der Waals surface area contributed by atoms with Crippen LogP contribution in [0, 0.1) is 6.92 Å². The van der Waals surface area contributed by atoms with Gasteiger partial charge >= 0.3 is 0 Å². The third-order valence-electron chi connectivity index (χ3n) is 4.95. The van der Waals surface area contributed by atoms with Crippen LogP contribution in [0.5, 0.6) is 0 Å². The molecule has 0 atom stereocenters. The highest BCUT2D eigenvalue weighted by molar-refractivity contribution is 5.79. The number of likely N-dealkylation sites (tertiary alicyclic amines) is 1. The van der Waals surface area contributed by atoms with Crippen molar-refractivity contribution < 1.29 is 8.78 Å². The van der Waals surface area contributed by atoms with Gasteiger partial charge in [-0.2, -0.15) is 0 Å². The Labute approximate surface area is 158 Å². The van der Waals surface area contributed by atoms with Crippen molar-refractivity contribution in [1.82, 2.24) is 24.9 Å². The number of nitrogens with one attached hydrogen (secondary N) is 2. The number of guanidine groups is 1. The maximum Gasteiger partial charge on any atom is 0.251 e. The number of nitrogens with zero attached hydrogens (tertiary/aromatic N) is 4. The number of hydrogen-bond acceptors (Lipinski definition) is 3. The summed E-state index contributed by atoms with van der Waals surface area (Å²) in [4.78, 5) is 10.8. The largest absolute Gasteiger partial charge is 0.356 e. The normalized spacial score (nSPS) is 17.0. The minimum absolute atomic E-state index is 0.127. The van der Waals surface area contributed by atoms with Gasteiger partial charge < -0.3 is 15.0 Å². The smallest absolute Gasteiger partial charge is 0.251 e. The summed E-state index contributed by atoms with van der Waals surface area (Å²) < 4.78 is 27.0. The summed E-state index contributed by atoms with van der Waals surface area (Å²) >= 11 is 0. The van der Waals surface area contributed by atoms with E-state index in [9.17, 15) is 8.78 Å². The molecule has 0 aliphatic carbocycles. The molecular formula is C19H28F2N6. The Balaban J connectivity index is 1.43. The third kappa shape index (κ3) is 5.38. The maximum absolute atomic E-state index is 12.5. The quantitative estimate of drug-likeness (QED) is 0.597. The van der Waals surface area contributed by atoms with Gasteiger partial charge in [-0.1, -0.05) is 6.07 Å². The van der Waals surface area contributed by atoms with E-state index in [0.29, 0.717) is 13.1 Å². The van der Waals surface area contributed by atoms with Gasteiger partial charge in [0.05, 0.1) is 12.2 Å². The first-order chi connectivity index (χ1) is 13.0. The molecule has 1 aliphatic heterocycles. The first-order valence-corrected chi connectivity index (χ1v) is 9.46. The van der Waals surface area contributed by atoms with E-state index in [4.69, 9.17) is 0 Å². The number of pyridine rings is 1. The van der Waals surface area contributed by atoms with Gasteiger partial charge in [0.1, 0.15) is 5.65 Å². The Morgan fingerprint density at radius 1 is 1.37 bits per heavy atom. The van der Waals surface area contributed by atoms with Gasteiger partial charge in [-0.05, 0) is 31.4 Å². The molecule has 0 unspecified atom stereocenters. The maximum atomic E-state index is 12.5. The van der Waals surface area contributed by atoms with Crippen molar-refractivity contribution >= 4 is 11.6 Å². The lowest BCUT2D eigenvalue weighted by Crippen LogP contribution is -2.49. The van der Waals surface area contributed by atoms with Crippen LogP contribution in [-0.2, 0) is 6.42 Å². The zero-order valence-corrected chi connectivity index (χ0v) is 16.0. The van der Waals surface area contributed by atoms with Crippen LogP contribution < -0.4 is 10.6 Å². The number of imidazole rings is 1. The lowest BCUT2D eigenvalue weighted by atomic mass is 10.1. The Bertz CT molecular complexity index is 765. The molecule has 0 radical (unpaired) electrons. The van der Waals surface area contributed by atoms with Gasteiger partial charge in [0.15, 0.2) is 5.96 Å². The molecule has 2 aromatic heterocycles. The highest BCUT2D eigenvalue weighted by atomic mass is 19.3. The second-order valence-electron chi connectivity index (χ2n) is 7.01. The van der Waals surface area contributed by atoms with Crippen molar-refractivity contribution in [2.45, 2.75) is 38.7 Å². The van der Waals surface area contributed by atoms with Crippen molar-refractivity contribution in [3.63, 3.8) is 0 Å². The molecule has 3 rings (SSSR count). The lowest BCUT2D eigenvalue weighted by Gasteiger charge is -2.32. The highest BCUT2D eigenvalue weighted by Crippen LogP contribution is 2.12. The van der Waals surface area contributed by atoms with E-state index in [1.165, 1.54) is 0 Å². The molecule has 6 nitrogen and oxygen atoms in total. The predicted octanol–water partition coefficient (Wildman–Crippen LogP) is 2.08. The fraction of sp³-hybridized carbons (Fsp3) is 0.579. The SMILES string of the molecule is CN=C(NCCc1cn2cccc(C)c2n1)NC1CCN(CC(F)F)CC1. The van der Waals surface area contributed by atoms with E-state index in [1.807, 2.05) is 21.6 Å². The summed E-state index contributed by atoms with van der Waals surface area (Å²) in [5, 5.41) is 6.72. The average Bonchev–Trinajstić information content (AvgIpc) is 3.06. The van der Waals surface area contributed by atoms with E-state index >= 15 is 0 Å². The third-order valence-corrected chi connectivity index (χ3v) is 4.95. The molecule has 3 heterocycles. The molecule has 1 aliphatic rings. The first kappa shape index (κ1) is 19.5. The van der Waals surface area contributed by atoms with Crippen LogP contribution in [0.1, 0.15) is 24.1 Å². The second-order valence-corrected chi connectivity index (χ2v) is 7.01. The number of aromatic nitrogens is 2. The van der Waals surface area contributed by atoms with Crippen LogP contribution in [0.4, 0.5) is 8.78 Å². The van der Waals surface area contributed by atoms with E-state index in [1.54, 1.807) is 7.05 Å². The average molecular weight is 378 g/mol. The van der Waals surface area contributed by atoms with Gasteiger partial charge in [-0.25, -0.2) is 13.8 Å². The highest BCUT2D eigenvalue weighted by Gasteiger charge is 2.21. The van der Waals surface area contributed by atoms with E-state index in [0.717, 1.165) is 48.7 Å². The Kier molecular flexibility index (Phi) is 6.60. The van der Waals surface area contributed by atoms with Gasteiger partial charge in [-0.15, -0.1) is 0 Å². The standard InChI is InChI=1S/C19H28F2N6/c1-14-4-3-9-27-12-16(24-18(14)27)5-8-23-19(22-2)25-15-6-10-26(11-7-15)13-17(20)21/h3-4,9,12,15,17H,5-8,10-11,13H2,1-2H3,(H2,22,23,25). The summed E-state index contributed by atoms with van der Waals surface area (Å²) in [6, 6.07) is 4.34. The van der Waals surface area contributed by atoms with E-state index in [-0.39, 0.29) is 12.6 Å². The molecule has 0 saturated carbocycles. The van der Waals surface area contributed by atoms with Crippen LogP contribution in [0.15, 0.2) is 29.5 Å². The number of piperidine rings is 1. The molecule has 0 aromatic carbocycles. The van der Waals surface area contributed by atoms with E-state index < -0.39 is 6.43 Å². The molecule has 27 heavy (non-hydrogen) atoms. The number of halogens is 2. The molecule has 1 fully saturated rings. The van der Waals surface area contributed by atoms with Crippen LogP contribution in [0.3, 0.4) is 0 Å². The molecule has 0 amide bonds. The fourth-order valence-corrected chi connectivity index (χ4v) is 3.48. The number of aryl methyl sites for hydroxylation is 1. The molecule has 2 aromatic rings. The van der Waals surface area contributed by atoms with Crippen molar-refractivity contribution in [3.8, 4) is 0 Å². The van der Waals surface area contributed by atoms with Crippen LogP contribution >= 0.6 is 0 Å². The number of hydrogen-bond donors (Lipinski definition) is 2. The molecule has 8 heteroatoms. The molecule has 2 N–H and O–H groups in total. The minimum Gasteiger partial charge on any atom is -0.356 e. The molecule has 0 spiro atoms. The van der Waals surface area contributed by atoms with Crippen molar-refractivity contribution in [3.05, 3.63) is 35.8 Å². The Hall–Kier alpha value is -2.22. The van der Waals surface area contributed by atoms with Gasteiger partial charge in [0.2, 0.25) is 0 Å². The van der Waals surface area contributed by atoms with Crippen LogP contribution in [-0.4, -0.2) is 65.9 Å². The zero-order valence-electron chi connectivity index (χ0n) is 16.0. The Morgan fingerprint density at radius 2 is 2.15 bits per heavy atom. The lowest BCUT2D eigenvalue weighted by molar-refractivity contribution is 0.0744. The van der Waals surface area contributed by atoms with Gasteiger partial charge in [-0.3, -0.25) is 9.89 Å². The number of fused-ring (bicyclic) bond motifs is 1. The van der Waals surface area contributed by atoms with E-state index in [2.05, 4.69) is 39.8 Å². The van der Waals surface area contributed by atoms with Crippen molar-refractivity contribution in [2.24, 2.45) is 4.99 Å². The molecule has 1 saturated heterocycles. The monoisotopic (exact) mass is 378 g/mol. The number of rotatable bonds is 6. The summed E-state index contributed by atoms with van der Waals surface area (Å²) in [5.41, 5.74) is 3.19. The summed E-state index contributed by atoms with van der Waals surface area (Å²) in [5.74, 6) is 0.752. The number of aliphatic imine (C=N–C) groups is 1. The second kappa shape index (κ2) is 9.12. The summed E-state index contributed by atoms with van der Waals surface area (Å²) in [6.45, 7) is 4.05. The number of alkyl halides is 2. The molecular weight excluding hydrogens is 350 g/mol. The summed E-state index contributed by atoms with van der Waals surface area (Å²) in [6.07, 6.45) is 4.30. The topological polar surface area (TPSA) is 57.0 Å². The van der Waals surface area contributed by atoms with Gasteiger partial charge in [0, 0.05) is 51.5 Å². The fourth-order valence-electron chi connectivity index (χ4n) is 3.48. The van der Waals surface area contributed by atoms with Crippen molar-refractivity contribution in [2.75, 3.05) is 33.2 Å². The zero-order chi connectivity index (χ0) is 19.2. The van der Waals surface area contributed by atoms with Crippen molar-refractivity contribution in [1.29, 1.82) is 0 Å². The minimum atomic E-state index is -2.26. The molecule has 148 valence electrons. The Morgan fingerprint density at radius 3 is 2.81 bits per heavy atom. The van der Waals surface area contributed by atoms with Crippen LogP contribution in [0.2, 0.25) is 0 Å². The first-order valence-electron chi connectivity index (χ1n) is 9.46.